The maximum atomic E-state index is 12.8. The van der Waals surface area contributed by atoms with Crippen molar-refractivity contribution in [3.8, 4) is 5.88 Å². The first-order valence-electron chi connectivity index (χ1n) is 8.16. The molecule has 3 aromatic rings. The van der Waals surface area contributed by atoms with Crippen LogP contribution in [0.3, 0.4) is 0 Å². The topological polar surface area (TPSA) is 44.1 Å². The fourth-order valence-corrected chi connectivity index (χ4v) is 3.09. The van der Waals surface area contributed by atoms with E-state index >= 15 is 0 Å². The van der Waals surface area contributed by atoms with Crippen molar-refractivity contribution in [1.82, 2.24) is 9.78 Å². The Morgan fingerprint density at radius 2 is 1.85 bits per heavy atom. The molecule has 0 radical (unpaired) electrons. The summed E-state index contributed by atoms with van der Waals surface area (Å²) >= 11 is 12.1. The summed E-state index contributed by atoms with van der Waals surface area (Å²) in [5.74, 6) is 0.179. The molecule has 0 amide bonds. The number of rotatable bonds is 6. The zero-order valence-corrected chi connectivity index (χ0v) is 16.0. The molecule has 1 heterocycles. The van der Waals surface area contributed by atoms with Crippen LogP contribution in [0.4, 0.5) is 0 Å². The number of hydrogen-bond donors (Lipinski definition) is 0. The fraction of sp³-hybridized carbons (Fsp3) is 0.200. The molecule has 0 N–H and O–H groups in total. The molecule has 0 saturated heterocycles. The Bertz CT molecular complexity index is 933. The van der Waals surface area contributed by atoms with Crippen molar-refractivity contribution < 1.29 is 9.53 Å². The second kappa shape index (κ2) is 7.94. The molecule has 0 saturated carbocycles. The molecule has 0 spiro atoms. The van der Waals surface area contributed by atoms with Crippen molar-refractivity contribution in [3.05, 3.63) is 81.0 Å². The monoisotopic (exact) mass is 388 g/mol. The quantitative estimate of drug-likeness (QED) is 0.564. The Balaban J connectivity index is 1.76. The van der Waals surface area contributed by atoms with E-state index in [1.165, 1.54) is 17.3 Å². The molecule has 0 unspecified atom stereocenters. The Morgan fingerprint density at radius 3 is 2.54 bits per heavy atom. The predicted molar refractivity (Wildman–Crippen MR) is 103 cm³/mol. The number of aryl methyl sites for hydroxylation is 2. The number of aromatic nitrogens is 2. The van der Waals surface area contributed by atoms with E-state index in [1.54, 1.807) is 29.9 Å². The van der Waals surface area contributed by atoms with Gasteiger partial charge in [-0.05, 0) is 30.7 Å². The molecule has 6 heteroatoms. The summed E-state index contributed by atoms with van der Waals surface area (Å²) < 4.78 is 7.41. The van der Waals surface area contributed by atoms with Crippen LogP contribution in [0.5, 0.6) is 5.88 Å². The summed E-state index contributed by atoms with van der Waals surface area (Å²) in [5.41, 5.74) is 3.13. The summed E-state index contributed by atoms with van der Waals surface area (Å²) in [5, 5.41) is 4.93. The number of halogens is 2. The molecule has 0 bridgehead atoms. The van der Waals surface area contributed by atoms with Crippen LogP contribution in [0.15, 0.2) is 48.7 Å². The van der Waals surface area contributed by atoms with Crippen molar-refractivity contribution in [1.29, 1.82) is 0 Å². The van der Waals surface area contributed by atoms with E-state index in [0.717, 1.165) is 6.42 Å². The first kappa shape index (κ1) is 18.5. The highest BCUT2D eigenvalue weighted by molar-refractivity contribution is 6.37. The predicted octanol–water partition coefficient (Wildman–Crippen LogP) is 4.89. The minimum Gasteiger partial charge on any atom is -0.477 e. The van der Waals surface area contributed by atoms with Gasteiger partial charge in [0.05, 0.1) is 17.8 Å². The number of nitrogens with zero attached hydrogens (tertiary/aromatic N) is 2. The van der Waals surface area contributed by atoms with Crippen LogP contribution < -0.4 is 4.74 Å². The molecule has 0 aliphatic heterocycles. The molecule has 134 valence electrons. The highest BCUT2D eigenvalue weighted by Crippen LogP contribution is 2.27. The molecule has 1 aromatic heterocycles. The highest BCUT2D eigenvalue weighted by Gasteiger charge is 2.21. The Morgan fingerprint density at radius 1 is 1.12 bits per heavy atom. The van der Waals surface area contributed by atoms with Gasteiger partial charge in [0.15, 0.2) is 0 Å². The van der Waals surface area contributed by atoms with Gasteiger partial charge in [0, 0.05) is 24.1 Å². The summed E-state index contributed by atoms with van der Waals surface area (Å²) in [6.45, 7) is 2.49. The molecular weight excluding hydrogens is 371 g/mol. The van der Waals surface area contributed by atoms with Crippen LogP contribution in [-0.4, -0.2) is 22.2 Å². The van der Waals surface area contributed by atoms with Crippen LogP contribution >= 0.6 is 23.2 Å². The van der Waals surface area contributed by atoms with Gasteiger partial charge >= 0.3 is 0 Å². The van der Waals surface area contributed by atoms with Crippen LogP contribution in [-0.2, 0) is 13.5 Å². The average Bonchev–Trinajstić information content (AvgIpc) is 2.97. The van der Waals surface area contributed by atoms with E-state index in [-0.39, 0.29) is 5.78 Å². The molecule has 4 nitrogen and oxygen atoms in total. The van der Waals surface area contributed by atoms with Gasteiger partial charge in [-0.3, -0.25) is 4.79 Å². The fourth-order valence-electron chi connectivity index (χ4n) is 2.59. The Labute approximate surface area is 162 Å². The summed E-state index contributed by atoms with van der Waals surface area (Å²) in [6.07, 6.45) is 2.23. The number of benzene rings is 2. The maximum absolute atomic E-state index is 12.8. The number of hydrogen-bond acceptors (Lipinski definition) is 3. The van der Waals surface area contributed by atoms with Gasteiger partial charge in [0.25, 0.3) is 0 Å². The standard InChI is InChI=1S/C20H18Cl2N2O2/c1-13-3-5-14(6-4-13)9-10-26-20-17(12-23-24(20)2)19(25)16-8-7-15(21)11-18(16)22/h3-8,11-12H,9-10H2,1-2H3. The van der Waals surface area contributed by atoms with E-state index in [1.807, 2.05) is 0 Å². The molecule has 3 rings (SSSR count). The molecule has 0 atom stereocenters. The van der Waals surface area contributed by atoms with Crippen LogP contribution in [0.1, 0.15) is 27.0 Å². The van der Waals surface area contributed by atoms with E-state index in [0.29, 0.717) is 33.7 Å². The number of ether oxygens (including phenoxy) is 1. The maximum Gasteiger partial charge on any atom is 0.223 e. The SMILES string of the molecule is Cc1ccc(CCOc2c(C(=O)c3ccc(Cl)cc3Cl)cnn2C)cc1. The lowest BCUT2D eigenvalue weighted by molar-refractivity contribution is 0.103. The third kappa shape index (κ3) is 4.09. The molecule has 2 aromatic carbocycles. The lowest BCUT2D eigenvalue weighted by Gasteiger charge is -2.09. The largest absolute Gasteiger partial charge is 0.477 e. The Kier molecular flexibility index (Phi) is 5.64. The van der Waals surface area contributed by atoms with Gasteiger partial charge in [-0.15, -0.1) is 0 Å². The van der Waals surface area contributed by atoms with Gasteiger partial charge in [-0.25, -0.2) is 4.68 Å². The van der Waals surface area contributed by atoms with Crippen molar-refractivity contribution in [3.63, 3.8) is 0 Å². The van der Waals surface area contributed by atoms with E-state index in [2.05, 4.69) is 36.3 Å². The first-order chi connectivity index (χ1) is 12.5. The van der Waals surface area contributed by atoms with Crippen molar-refractivity contribution in [2.24, 2.45) is 7.05 Å². The van der Waals surface area contributed by atoms with Gasteiger partial charge in [0.2, 0.25) is 11.7 Å². The average molecular weight is 389 g/mol. The zero-order chi connectivity index (χ0) is 18.7. The minimum absolute atomic E-state index is 0.245. The second-order valence-corrected chi connectivity index (χ2v) is 6.87. The van der Waals surface area contributed by atoms with Crippen molar-refractivity contribution >= 4 is 29.0 Å². The number of carbonyl (C=O) groups excluding carboxylic acids is 1. The molecule has 0 aliphatic rings. The summed E-state index contributed by atoms with van der Waals surface area (Å²) in [7, 11) is 1.74. The second-order valence-electron chi connectivity index (χ2n) is 6.02. The third-order valence-corrected chi connectivity index (χ3v) is 4.60. The van der Waals surface area contributed by atoms with Gasteiger partial charge in [0.1, 0.15) is 5.56 Å². The van der Waals surface area contributed by atoms with Crippen LogP contribution in [0, 0.1) is 6.92 Å². The molecule has 0 fully saturated rings. The van der Waals surface area contributed by atoms with Crippen LogP contribution in [0.25, 0.3) is 0 Å². The van der Waals surface area contributed by atoms with E-state index in [9.17, 15) is 4.79 Å². The van der Waals surface area contributed by atoms with Crippen LogP contribution in [0.2, 0.25) is 10.0 Å². The van der Waals surface area contributed by atoms with Gasteiger partial charge < -0.3 is 4.74 Å². The van der Waals surface area contributed by atoms with Crippen molar-refractivity contribution in [2.45, 2.75) is 13.3 Å². The normalized spacial score (nSPS) is 10.8. The lowest BCUT2D eigenvalue weighted by atomic mass is 10.1. The highest BCUT2D eigenvalue weighted by atomic mass is 35.5. The minimum atomic E-state index is -0.245. The number of carbonyl (C=O) groups is 1. The zero-order valence-electron chi connectivity index (χ0n) is 14.5. The van der Waals surface area contributed by atoms with Gasteiger partial charge in [-0.1, -0.05) is 53.0 Å². The van der Waals surface area contributed by atoms with Crippen molar-refractivity contribution in [2.75, 3.05) is 6.61 Å². The third-order valence-electron chi connectivity index (χ3n) is 4.05. The smallest absolute Gasteiger partial charge is 0.223 e. The summed E-state index contributed by atoms with van der Waals surface area (Å²) in [6, 6.07) is 13.1. The molecule has 26 heavy (non-hydrogen) atoms. The summed E-state index contributed by atoms with van der Waals surface area (Å²) in [4.78, 5) is 12.8. The van der Waals surface area contributed by atoms with Gasteiger partial charge in [-0.2, -0.15) is 5.10 Å². The van der Waals surface area contributed by atoms with E-state index < -0.39 is 0 Å². The first-order valence-corrected chi connectivity index (χ1v) is 8.91. The van der Waals surface area contributed by atoms with E-state index in [4.69, 9.17) is 27.9 Å². The Hall–Kier alpha value is -2.30. The number of ketones is 1. The molecule has 0 aliphatic carbocycles. The molecular formula is C20H18Cl2N2O2. The lowest BCUT2D eigenvalue weighted by Crippen LogP contribution is -2.09.